The van der Waals surface area contributed by atoms with E-state index in [2.05, 4.69) is 106 Å². The van der Waals surface area contributed by atoms with Gasteiger partial charge in [0.25, 0.3) is 0 Å². The molecule has 1 heterocycles. The molecule has 1 aliphatic rings. The molecular formula is C63H102O12. The van der Waals surface area contributed by atoms with Crippen molar-refractivity contribution in [2.45, 2.75) is 263 Å². The average Bonchev–Trinajstić information content (AvgIpc) is 3.39. The van der Waals surface area contributed by atoms with Gasteiger partial charge in [0.05, 0.1) is 6.61 Å². The second-order valence-electron chi connectivity index (χ2n) is 19.5. The summed E-state index contributed by atoms with van der Waals surface area (Å²) in [6.45, 7) is 5.74. The number of hydrogen-bond acceptors (Lipinski definition) is 11. The number of unbranched alkanes of at least 4 members (excludes halogenated alkanes) is 18. The molecule has 6 atom stereocenters. The summed E-state index contributed by atoms with van der Waals surface area (Å²) < 4.78 is 28.3. The molecule has 6 unspecified atom stereocenters. The fourth-order valence-electron chi connectivity index (χ4n) is 8.19. The number of hydrogen-bond donors (Lipinski definition) is 3. The molecule has 0 aliphatic carbocycles. The second-order valence-corrected chi connectivity index (χ2v) is 19.5. The first-order valence-electron chi connectivity index (χ1n) is 29.2. The fraction of sp³-hybridized carbons (Fsp3) is 0.683. The Labute approximate surface area is 453 Å². The summed E-state index contributed by atoms with van der Waals surface area (Å²) in [7, 11) is 0. The third-order valence-corrected chi connectivity index (χ3v) is 12.7. The van der Waals surface area contributed by atoms with Crippen molar-refractivity contribution in [2.75, 3.05) is 13.2 Å². The van der Waals surface area contributed by atoms with Gasteiger partial charge in [-0.25, -0.2) is 4.79 Å². The number of aliphatic carboxylic acids is 1. The first kappa shape index (κ1) is 68.7. The molecule has 1 aliphatic heterocycles. The number of aliphatic hydroxyl groups is 2. The maximum Gasteiger partial charge on any atom is 0.335 e. The van der Waals surface area contributed by atoms with Gasteiger partial charge in [-0.15, -0.1) is 0 Å². The van der Waals surface area contributed by atoms with Crippen LogP contribution in [0.3, 0.4) is 0 Å². The Kier molecular flexibility index (Phi) is 46.2. The third kappa shape index (κ3) is 40.6. The molecule has 0 spiro atoms. The van der Waals surface area contributed by atoms with E-state index in [-0.39, 0.29) is 25.9 Å². The summed E-state index contributed by atoms with van der Waals surface area (Å²) in [5.74, 6) is -3.25. The number of carbonyl (C=O) groups is 4. The molecule has 3 N–H and O–H groups in total. The quantitative estimate of drug-likeness (QED) is 0.0228. The van der Waals surface area contributed by atoms with Crippen LogP contribution in [-0.2, 0) is 42.9 Å². The summed E-state index contributed by atoms with van der Waals surface area (Å²) in [5.41, 5.74) is 0. The molecule has 0 aromatic heterocycles. The fourth-order valence-corrected chi connectivity index (χ4v) is 8.19. The number of carboxylic acid groups (broad SMARTS) is 1. The lowest BCUT2D eigenvalue weighted by molar-refractivity contribution is -0.301. The van der Waals surface area contributed by atoms with Crippen molar-refractivity contribution in [3.63, 3.8) is 0 Å². The van der Waals surface area contributed by atoms with Crippen molar-refractivity contribution >= 4 is 23.9 Å². The van der Waals surface area contributed by atoms with E-state index in [0.29, 0.717) is 19.3 Å². The van der Waals surface area contributed by atoms with Gasteiger partial charge < -0.3 is 39.0 Å². The van der Waals surface area contributed by atoms with Gasteiger partial charge in [-0.05, 0) is 89.9 Å². The lowest BCUT2D eigenvalue weighted by atomic mass is 9.98. The molecule has 0 saturated carbocycles. The number of carboxylic acids is 1. The van der Waals surface area contributed by atoms with E-state index in [1.165, 1.54) is 44.9 Å². The van der Waals surface area contributed by atoms with Crippen molar-refractivity contribution in [3.05, 3.63) is 97.2 Å². The van der Waals surface area contributed by atoms with Crippen LogP contribution in [0.2, 0.25) is 0 Å². The van der Waals surface area contributed by atoms with Crippen molar-refractivity contribution in [3.8, 4) is 0 Å². The van der Waals surface area contributed by atoms with Gasteiger partial charge in [-0.3, -0.25) is 14.4 Å². The number of aliphatic hydroxyl groups excluding tert-OH is 2. The van der Waals surface area contributed by atoms with Crippen molar-refractivity contribution in [2.24, 2.45) is 0 Å². The van der Waals surface area contributed by atoms with Crippen LogP contribution in [0.25, 0.3) is 0 Å². The predicted octanol–water partition coefficient (Wildman–Crippen LogP) is 14.9. The summed E-state index contributed by atoms with van der Waals surface area (Å²) in [6, 6.07) is 0. The van der Waals surface area contributed by atoms with Crippen LogP contribution in [0.1, 0.15) is 226 Å². The van der Waals surface area contributed by atoms with E-state index in [9.17, 15) is 34.5 Å². The van der Waals surface area contributed by atoms with Crippen LogP contribution in [0.5, 0.6) is 0 Å². The normalized spacial score (nSPS) is 18.9. The summed E-state index contributed by atoms with van der Waals surface area (Å²) in [6.07, 6.45) is 54.1. The molecule has 0 radical (unpaired) electrons. The van der Waals surface area contributed by atoms with Crippen molar-refractivity contribution in [1.29, 1.82) is 0 Å². The number of allylic oxidation sites excluding steroid dienone is 16. The standard InChI is InChI=1S/C63H102O12/c1-4-7-10-13-16-19-21-23-25-27-28-30-31-33-35-38-40-43-46-49-55(64)71-52-54(73-56(65)50-47-44-42-39-36-34-32-29-26-24-22-20-17-14-11-8-5-2)53-72-63-61(59(68)58(67)60(75-63)62(69)70)74-57(66)51-48-45-41-37-18-15-12-9-6-3/h7,10,16-17,19-20,23-26,28,30,33,35,40,43,54,58-61,63,67-68H,4-6,8-9,11-15,18,21-22,27,29,31-32,34,36-39,41-42,44-53H2,1-3H3,(H,69,70)/b10-7-,19-16-,20-17-,25-23-,26-24-,30-28-,35-33-,43-40-. The molecule has 1 saturated heterocycles. The van der Waals surface area contributed by atoms with E-state index < -0.39 is 67.3 Å². The van der Waals surface area contributed by atoms with Crippen LogP contribution in [-0.4, -0.2) is 89.2 Å². The number of ether oxygens (including phenoxy) is 5. The maximum absolute atomic E-state index is 13.1. The highest BCUT2D eigenvalue weighted by Gasteiger charge is 2.50. The summed E-state index contributed by atoms with van der Waals surface area (Å²) >= 11 is 0. The van der Waals surface area contributed by atoms with Crippen LogP contribution in [0.15, 0.2) is 97.2 Å². The maximum atomic E-state index is 13.1. The summed E-state index contributed by atoms with van der Waals surface area (Å²) in [5, 5.41) is 31.4. The third-order valence-electron chi connectivity index (χ3n) is 12.7. The smallest absolute Gasteiger partial charge is 0.335 e. The lowest BCUT2D eigenvalue weighted by Gasteiger charge is -2.40. The predicted molar refractivity (Wildman–Crippen MR) is 303 cm³/mol. The minimum atomic E-state index is -1.91. The molecule has 1 rings (SSSR count). The number of carbonyl (C=O) groups excluding carboxylic acids is 3. The zero-order valence-electron chi connectivity index (χ0n) is 46.8. The molecule has 12 nitrogen and oxygen atoms in total. The van der Waals surface area contributed by atoms with Crippen LogP contribution in [0.4, 0.5) is 0 Å². The monoisotopic (exact) mass is 1050 g/mol. The molecule has 0 bridgehead atoms. The van der Waals surface area contributed by atoms with E-state index in [1.807, 2.05) is 12.2 Å². The first-order valence-corrected chi connectivity index (χ1v) is 29.2. The van der Waals surface area contributed by atoms with E-state index in [0.717, 1.165) is 122 Å². The van der Waals surface area contributed by atoms with Gasteiger partial charge in [0.2, 0.25) is 0 Å². The van der Waals surface area contributed by atoms with Gasteiger partial charge >= 0.3 is 23.9 Å². The Hall–Kier alpha value is -4.36. The van der Waals surface area contributed by atoms with Gasteiger partial charge in [-0.1, -0.05) is 214 Å². The van der Waals surface area contributed by atoms with Gasteiger partial charge in [0.15, 0.2) is 24.6 Å². The van der Waals surface area contributed by atoms with Gasteiger partial charge in [-0.2, -0.15) is 0 Å². The highest BCUT2D eigenvalue weighted by molar-refractivity contribution is 5.74. The molecule has 0 aromatic carbocycles. The van der Waals surface area contributed by atoms with Crippen LogP contribution in [0, 0.1) is 0 Å². The molecule has 12 heteroatoms. The highest BCUT2D eigenvalue weighted by Crippen LogP contribution is 2.26. The molecule has 426 valence electrons. The Balaban J connectivity index is 2.73. The molecule has 0 amide bonds. The first-order chi connectivity index (χ1) is 36.6. The SMILES string of the molecule is CC/C=C\C/C=C\C/C=C\C/C=C\C/C=C\C/C=C\CCC(=O)OCC(COC1OC(C(=O)O)C(O)C(O)C1OC(=O)CCCCCCCCCCC)OC(=O)CCCCCCCCC/C=C\C/C=C\CCCCC. The minimum absolute atomic E-state index is 0.0498. The van der Waals surface area contributed by atoms with Gasteiger partial charge in [0, 0.05) is 19.3 Å². The number of rotatable bonds is 48. The molecule has 75 heavy (non-hydrogen) atoms. The molecular weight excluding hydrogens is 949 g/mol. The zero-order valence-corrected chi connectivity index (χ0v) is 46.8. The van der Waals surface area contributed by atoms with E-state index in [4.69, 9.17) is 23.7 Å². The molecule has 0 aromatic rings. The molecule has 1 fully saturated rings. The minimum Gasteiger partial charge on any atom is -0.479 e. The highest BCUT2D eigenvalue weighted by atomic mass is 16.7. The Morgan fingerprint density at radius 1 is 0.453 bits per heavy atom. The Morgan fingerprint density at radius 3 is 1.36 bits per heavy atom. The van der Waals surface area contributed by atoms with E-state index in [1.54, 1.807) is 0 Å². The van der Waals surface area contributed by atoms with Crippen LogP contribution < -0.4 is 0 Å². The summed E-state index contributed by atoms with van der Waals surface area (Å²) in [4.78, 5) is 51.0. The Morgan fingerprint density at radius 2 is 0.867 bits per heavy atom. The Bertz CT molecular complexity index is 1670. The second kappa shape index (κ2) is 50.5. The lowest BCUT2D eigenvalue weighted by Crippen LogP contribution is -2.61. The van der Waals surface area contributed by atoms with Crippen molar-refractivity contribution in [1.82, 2.24) is 0 Å². The largest absolute Gasteiger partial charge is 0.479 e. The zero-order chi connectivity index (χ0) is 54.7. The van der Waals surface area contributed by atoms with Crippen LogP contribution >= 0.6 is 0 Å². The number of esters is 3. The van der Waals surface area contributed by atoms with Gasteiger partial charge in [0.1, 0.15) is 18.8 Å². The van der Waals surface area contributed by atoms with Crippen molar-refractivity contribution < 1.29 is 58.2 Å². The average molecular weight is 1050 g/mol. The topological polar surface area (TPSA) is 175 Å². The van der Waals surface area contributed by atoms with E-state index >= 15 is 0 Å².